The first kappa shape index (κ1) is 15.5. The molecule has 1 aromatic heterocycles. The van der Waals surface area contributed by atoms with Gasteiger partial charge in [-0.05, 0) is 25.0 Å². The summed E-state index contributed by atoms with van der Waals surface area (Å²) in [5, 5.41) is 0. The first-order valence-corrected chi connectivity index (χ1v) is 9.09. The number of likely N-dealkylation sites (tertiary alicyclic amines) is 1. The van der Waals surface area contributed by atoms with Gasteiger partial charge in [0.1, 0.15) is 6.17 Å². The smallest absolute Gasteiger partial charge is 0.289 e. The van der Waals surface area contributed by atoms with Gasteiger partial charge in [0.05, 0.1) is 12.5 Å². The van der Waals surface area contributed by atoms with Gasteiger partial charge < -0.3 is 9.32 Å². The average Bonchev–Trinajstić information content (AvgIpc) is 3.11. The Morgan fingerprint density at radius 1 is 1.41 bits per heavy atom. The number of rotatable bonds is 2. The standard InChI is InChI=1S/C14H19FN2O4S/c1-22(19,20)17-6-4-12(15)14(10-17)5-7-16(9-14)13(18)11-3-2-8-21-11/h2-3,8,12H,4-7,9-10H2,1H3/t12-,14-/m1/s1. The number of hydrogen-bond donors (Lipinski definition) is 0. The third-order valence-corrected chi connectivity index (χ3v) is 5.91. The molecule has 2 aliphatic heterocycles. The van der Waals surface area contributed by atoms with Crippen LogP contribution in [0.25, 0.3) is 0 Å². The van der Waals surface area contributed by atoms with E-state index in [9.17, 15) is 17.6 Å². The van der Waals surface area contributed by atoms with Crippen molar-refractivity contribution >= 4 is 15.9 Å². The number of halogens is 1. The van der Waals surface area contributed by atoms with Crippen LogP contribution in [0.4, 0.5) is 4.39 Å². The van der Waals surface area contributed by atoms with Crippen LogP contribution in [0, 0.1) is 5.41 Å². The molecule has 1 spiro atoms. The first-order valence-electron chi connectivity index (χ1n) is 7.24. The van der Waals surface area contributed by atoms with Gasteiger partial charge >= 0.3 is 0 Å². The molecule has 3 heterocycles. The number of alkyl halides is 1. The van der Waals surface area contributed by atoms with E-state index in [-0.39, 0.29) is 37.7 Å². The molecule has 0 bridgehead atoms. The Morgan fingerprint density at radius 2 is 2.18 bits per heavy atom. The molecule has 3 rings (SSSR count). The molecule has 2 fully saturated rings. The van der Waals surface area contributed by atoms with Crippen LogP contribution in [0.1, 0.15) is 23.4 Å². The average molecular weight is 330 g/mol. The Hall–Kier alpha value is -1.41. The summed E-state index contributed by atoms with van der Waals surface area (Å²) in [6, 6.07) is 3.20. The van der Waals surface area contributed by atoms with Gasteiger partial charge in [0.15, 0.2) is 5.76 Å². The van der Waals surface area contributed by atoms with Crippen molar-refractivity contribution in [3.05, 3.63) is 24.2 Å². The highest BCUT2D eigenvalue weighted by molar-refractivity contribution is 7.88. The van der Waals surface area contributed by atoms with Gasteiger partial charge in [-0.25, -0.2) is 17.1 Å². The molecule has 0 aliphatic carbocycles. The summed E-state index contributed by atoms with van der Waals surface area (Å²) in [7, 11) is -3.35. The van der Waals surface area contributed by atoms with Crippen LogP contribution in [0.5, 0.6) is 0 Å². The number of carbonyl (C=O) groups excluding carboxylic acids is 1. The van der Waals surface area contributed by atoms with Crippen molar-refractivity contribution in [2.45, 2.75) is 19.0 Å². The van der Waals surface area contributed by atoms with Crippen molar-refractivity contribution in [2.24, 2.45) is 5.41 Å². The Morgan fingerprint density at radius 3 is 2.82 bits per heavy atom. The molecule has 2 aliphatic rings. The molecule has 0 aromatic carbocycles. The van der Waals surface area contributed by atoms with Gasteiger partial charge in [0.2, 0.25) is 10.0 Å². The van der Waals surface area contributed by atoms with E-state index >= 15 is 0 Å². The van der Waals surface area contributed by atoms with E-state index in [2.05, 4.69) is 0 Å². The number of nitrogens with zero attached hydrogens (tertiary/aromatic N) is 2. The van der Waals surface area contributed by atoms with Crippen LogP contribution in [0.2, 0.25) is 0 Å². The minimum atomic E-state index is -3.35. The van der Waals surface area contributed by atoms with Crippen molar-refractivity contribution in [3.8, 4) is 0 Å². The Bertz CT molecular complexity index is 660. The molecule has 122 valence electrons. The Kier molecular flexibility index (Phi) is 3.76. The summed E-state index contributed by atoms with van der Waals surface area (Å²) in [5.41, 5.74) is -0.802. The van der Waals surface area contributed by atoms with Gasteiger partial charge in [0, 0.05) is 31.6 Å². The molecular formula is C14H19FN2O4S. The maximum atomic E-state index is 14.5. The summed E-state index contributed by atoms with van der Waals surface area (Å²) >= 11 is 0. The molecule has 2 atom stereocenters. The maximum absolute atomic E-state index is 14.5. The molecule has 0 radical (unpaired) electrons. The minimum absolute atomic E-state index is 0.134. The zero-order chi connectivity index (χ0) is 16.0. The molecule has 1 aromatic rings. The molecule has 6 nitrogen and oxygen atoms in total. The van der Waals surface area contributed by atoms with Crippen LogP contribution >= 0.6 is 0 Å². The van der Waals surface area contributed by atoms with E-state index in [1.54, 1.807) is 17.0 Å². The fourth-order valence-corrected chi connectivity index (χ4v) is 4.31. The highest BCUT2D eigenvalue weighted by Gasteiger charge is 2.51. The van der Waals surface area contributed by atoms with E-state index < -0.39 is 21.6 Å². The third kappa shape index (κ3) is 2.65. The second-order valence-electron chi connectivity index (χ2n) is 6.17. The molecule has 1 amide bonds. The summed E-state index contributed by atoms with van der Waals surface area (Å²) in [6.07, 6.45) is 2.10. The quantitative estimate of drug-likeness (QED) is 0.814. The maximum Gasteiger partial charge on any atom is 0.289 e. The van der Waals surface area contributed by atoms with Crippen LogP contribution in [-0.4, -0.2) is 62.1 Å². The lowest BCUT2D eigenvalue weighted by Gasteiger charge is -2.41. The normalized spacial score (nSPS) is 30.1. The number of hydrogen-bond acceptors (Lipinski definition) is 4. The van der Waals surface area contributed by atoms with Crippen molar-refractivity contribution in [3.63, 3.8) is 0 Å². The molecule has 8 heteroatoms. The van der Waals surface area contributed by atoms with Crippen molar-refractivity contribution in [1.29, 1.82) is 0 Å². The van der Waals surface area contributed by atoms with E-state index in [4.69, 9.17) is 4.42 Å². The van der Waals surface area contributed by atoms with Crippen molar-refractivity contribution in [2.75, 3.05) is 32.4 Å². The van der Waals surface area contributed by atoms with E-state index in [1.807, 2.05) is 0 Å². The van der Waals surface area contributed by atoms with Crippen LogP contribution in [-0.2, 0) is 10.0 Å². The lowest BCUT2D eigenvalue weighted by atomic mass is 9.78. The van der Waals surface area contributed by atoms with Gasteiger partial charge in [-0.1, -0.05) is 0 Å². The molecule has 0 saturated carbocycles. The van der Waals surface area contributed by atoms with E-state index in [0.717, 1.165) is 6.26 Å². The lowest BCUT2D eigenvalue weighted by Crippen LogP contribution is -2.53. The number of carbonyl (C=O) groups is 1. The number of furan rings is 1. The second kappa shape index (κ2) is 5.34. The van der Waals surface area contributed by atoms with Gasteiger partial charge in [-0.2, -0.15) is 0 Å². The topological polar surface area (TPSA) is 70.8 Å². The molecule has 0 unspecified atom stereocenters. The Balaban J connectivity index is 1.78. The van der Waals surface area contributed by atoms with Gasteiger partial charge in [-0.3, -0.25) is 4.79 Å². The van der Waals surface area contributed by atoms with Crippen LogP contribution in [0.3, 0.4) is 0 Å². The lowest BCUT2D eigenvalue weighted by molar-refractivity contribution is 0.0392. The van der Waals surface area contributed by atoms with Gasteiger partial charge in [0.25, 0.3) is 5.91 Å². The molecular weight excluding hydrogens is 311 g/mol. The zero-order valence-corrected chi connectivity index (χ0v) is 13.2. The van der Waals surface area contributed by atoms with E-state index in [1.165, 1.54) is 10.6 Å². The second-order valence-corrected chi connectivity index (χ2v) is 8.15. The summed E-state index contributed by atoms with van der Waals surface area (Å²) < 4.78 is 44.4. The van der Waals surface area contributed by atoms with Crippen molar-refractivity contribution in [1.82, 2.24) is 9.21 Å². The number of amides is 1. The van der Waals surface area contributed by atoms with E-state index in [0.29, 0.717) is 13.0 Å². The molecule has 2 saturated heterocycles. The predicted molar refractivity (Wildman–Crippen MR) is 77.6 cm³/mol. The van der Waals surface area contributed by atoms with Crippen LogP contribution in [0.15, 0.2) is 22.8 Å². The largest absolute Gasteiger partial charge is 0.459 e. The zero-order valence-electron chi connectivity index (χ0n) is 12.4. The minimum Gasteiger partial charge on any atom is -0.459 e. The SMILES string of the molecule is CS(=O)(=O)N1CC[C@@H](F)[C@@]2(CCN(C(=O)c3ccco3)C2)C1. The summed E-state index contributed by atoms with van der Waals surface area (Å²) in [6.45, 7) is 0.972. The highest BCUT2D eigenvalue weighted by atomic mass is 32.2. The fraction of sp³-hybridized carbons (Fsp3) is 0.643. The fourth-order valence-electron chi connectivity index (χ4n) is 3.39. The summed E-state index contributed by atoms with van der Waals surface area (Å²) in [4.78, 5) is 13.8. The number of piperidine rings is 1. The predicted octanol–water partition coefficient (Wildman–Crippen LogP) is 1.12. The monoisotopic (exact) mass is 330 g/mol. The first-order chi connectivity index (χ1) is 10.3. The molecule has 22 heavy (non-hydrogen) atoms. The third-order valence-electron chi connectivity index (χ3n) is 4.66. The Labute approximate surface area is 128 Å². The van der Waals surface area contributed by atoms with Crippen molar-refractivity contribution < 1.29 is 22.0 Å². The summed E-state index contributed by atoms with van der Waals surface area (Å²) in [5.74, 6) is -0.0474. The van der Waals surface area contributed by atoms with Gasteiger partial charge in [-0.15, -0.1) is 0 Å². The highest BCUT2D eigenvalue weighted by Crippen LogP contribution is 2.42. The molecule has 0 N–H and O–H groups in total. The number of sulfonamides is 1. The van der Waals surface area contributed by atoms with Crippen LogP contribution < -0.4 is 0 Å².